The number of hydrogen-bond donors (Lipinski definition) is 0. The van der Waals surface area contributed by atoms with Crippen molar-refractivity contribution in [1.29, 1.82) is 0 Å². The van der Waals surface area contributed by atoms with Crippen LogP contribution >= 0.6 is 0 Å². The molecule has 2 nitrogen and oxygen atoms in total. The fourth-order valence-corrected chi connectivity index (χ4v) is 5.69. The largest absolute Gasteiger partial charge is 0.342 e. The van der Waals surface area contributed by atoms with E-state index in [-0.39, 0.29) is 5.41 Å². The summed E-state index contributed by atoms with van der Waals surface area (Å²) < 4.78 is 0. The zero-order valence-electron chi connectivity index (χ0n) is 17.0. The molecule has 3 aromatic rings. The lowest BCUT2D eigenvalue weighted by Gasteiger charge is -2.50. The van der Waals surface area contributed by atoms with E-state index in [1.54, 1.807) is 0 Å². The molecule has 0 spiro atoms. The standard InChI is InChI=1S/C26H27NO/c1-17-21-7-5-4-6-18(21)8-11-22(17)19-9-12-23-20(16-19)10-13-24-26(23,2)15-14-25(28)27(24)3/h4-9,11-12,16,24H,10,13-15H2,1-3H3/t24?,26-/m1/s1. The summed E-state index contributed by atoms with van der Waals surface area (Å²) in [6, 6.07) is 20.5. The van der Waals surface area contributed by atoms with Gasteiger partial charge in [0.15, 0.2) is 0 Å². The van der Waals surface area contributed by atoms with Crippen LogP contribution in [0.4, 0.5) is 0 Å². The Balaban J connectivity index is 1.60. The lowest BCUT2D eigenvalue weighted by molar-refractivity contribution is -0.138. The van der Waals surface area contributed by atoms with Gasteiger partial charge in [-0.2, -0.15) is 0 Å². The van der Waals surface area contributed by atoms with Crippen LogP contribution in [0.25, 0.3) is 21.9 Å². The molecule has 0 N–H and O–H groups in total. The first-order chi connectivity index (χ1) is 13.5. The Labute approximate surface area is 167 Å². The van der Waals surface area contributed by atoms with Crippen LogP contribution in [-0.4, -0.2) is 23.9 Å². The van der Waals surface area contributed by atoms with E-state index in [4.69, 9.17) is 0 Å². The van der Waals surface area contributed by atoms with Crippen LogP contribution in [0.1, 0.15) is 42.9 Å². The van der Waals surface area contributed by atoms with Crippen LogP contribution in [0.15, 0.2) is 54.6 Å². The van der Waals surface area contributed by atoms with Crippen LogP contribution in [0.3, 0.4) is 0 Å². The minimum Gasteiger partial charge on any atom is -0.342 e. The minimum atomic E-state index is 0.0766. The van der Waals surface area contributed by atoms with Crippen LogP contribution in [0, 0.1) is 6.92 Å². The number of rotatable bonds is 1. The maximum absolute atomic E-state index is 12.2. The zero-order chi connectivity index (χ0) is 19.5. The maximum atomic E-state index is 12.2. The molecular formula is C26H27NO. The topological polar surface area (TPSA) is 20.3 Å². The molecule has 1 heterocycles. The molecule has 28 heavy (non-hydrogen) atoms. The average molecular weight is 370 g/mol. The quantitative estimate of drug-likeness (QED) is 0.543. The SMILES string of the molecule is Cc1c(-c2ccc3c(c2)CCC2N(C)C(=O)CC[C@]32C)ccc2ccccc12. The predicted molar refractivity (Wildman–Crippen MR) is 116 cm³/mol. The van der Waals surface area contributed by atoms with Gasteiger partial charge in [-0.15, -0.1) is 0 Å². The van der Waals surface area contributed by atoms with Gasteiger partial charge in [0.05, 0.1) is 0 Å². The summed E-state index contributed by atoms with van der Waals surface area (Å²) >= 11 is 0. The first kappa shape index (κ1) is 17.5. The highest BCUT2D eigenvalue weighted by Crippen LogP contribution is 2.46. The molecule has 142 valence electrons. The van der Waals surface area contributed by atoms with Gasteiger partial charge in [-0.25, -0.2) is 0 Å². The molecule has 1 aliphatic carbocycles. The number of likely N-dealkylation sites (tertiary alicyclic amines) is 1. The molecule has 0 aromatic heterocycles. The van der Waals surface area contributed by atoms with Crippen LogP contribution in [-0.2, 0) is 16.6 Å². The maximum Gasteiger partial charge on any atom is 0.222 e. The Morgan fingerprint density at radius 3 is 2.71 bits per heavy atom. The van der Waals surface area contributed by atoms with E-state index >= 15 is 0 Å². The third-order valence-corrected chi connectivity index (χ3v) is 7.37. The molecule has 0 radical (unpaired) electrons. The van der Waals surface area contributed by atoms with Crippen molar-refractivity contribution in [1.82, 2.24) is 4.90 Å². The van der Waals surface area contributed by atoms with E-state index in [1.165, 1.54) is 38.6 Å². The smallest absolute Gasteiger partial charge is 0.222 e. The van der Waals surface area contributed by atoms with Gasteiger partial charge in [0.25, 0.3) is 0 Å². The lowest BCUT2D eigenvalue weighted by Crippen LogP contribution is -2.56. The molecule has 2 aliphatic rings. The number of carbonyl (C=O) groups is 1. The number of amides is 1. The van der Waals surface area contributed by atoms with Gasteiger partial charge < -0.3 is 4.90 Å². The Bertz CT molecular complexity index is 1100. The predicted octanol–water partition coefficient (Wildman–Crippen LogP) is 5.64. The van der Waals surface area contributed by atoms with E-state index in [9.17, 15) is 4.79 Å². The van der Waals surface area contributed by atoms with Gasteiger partial charge in [-0.3, -0.25) is 4.79 Å². The second kappa shape index (κ2) is 6.20. The van der Waals surface area contributed by atoms with Gasteiger partial charge in [0.2, 0.25) is 5.91 Å². The van der Waals surface area contributed by atoms with Crippen molar-refractivity contribution >= 4 is 16.7 Å². The molecule has 0 bridgehead atoms. The number of aryl methyl sites for hydroxylation is 2. The van der Waals surface area contributed by atoms with E-state index in [1.807, 2.05) is 11.9 Å². The molecule has 1 saturated heterocycles. The zero-order valence-corrected chi connectivity index (χ0v) is 17.0. The van der Waals surface area contributed by atoms with E-state index < -0.39 is 0 Å². The molecule has 5 rings (SSSR count). The summed E-state index contributed by atoms with van der Waals surface area (Å²) in [5.74, 6) is 0.300. The first-order valence-electron chi connectivity index (χ1n) is 10.4. The summed E-state index contributed by atoms with van der Waals surface area (Å²) in [6.07, 6.45) is 3.73. The number of nitrogens with zero attached hydrogens (tertiary/aromatic N) is 1. The Kier molecular flexibility index (Phi) is 3.87. The molecule has 1 amide bonds. The Morgan fingerprint density at radius 1 is 1.04 bits per heavy atom. The molecule has 3 aromatic carbocycles. The normalized spacial score (nSPS) is 24.2. The monoisotopic (exact) mass is 369 g/mol. The molecular weight excluding hydrogens is 342 g/mol. The molecule has 1 unspecified atom stereocenters. The number of carbonyl (C=O) groups excluding carboxylic acids is 1. The number of likely N-dealkylation sites (N-methyl/N-ethyl adjacent to an activating group) is 1. The first-order valence-corrected chi connectivity index (χ1v) is 10.4. The minimum absolute atomic E-state index is 0.0766. The fraction of sp³-hybridized carbons (Fsp3) is 0.346. The summed E-state index contributed by atoms with van der Waals surface area (Å²) in [4.78, 5) is 14.2. The highest BCUT2D eigenvalue weighted by atomic mass is 16.2. The van der Waals surface area contributed by atoms with Gasteiger partial charge in [-0.1, -0.05) is 61.5 Å². The third-order valence-electron chi connectivity index (χ3n) is 7.37. The number of piperidine rings is 1. The van der Waals surface area contributed by atoms with Crippen molar-refractivity contribution in [3.63, 3.8) is 0 Å². The number of fused-ring (bicyclic) bond motifs is 4. The summed E-state index contributed by atoms with van der Waals surface area (Å²) in [5, 5.41) is 2.63. The van der Waals surface area contributed by atoms with E-state index in [0.29, 0.717) is 18.4 Å². The van der Waals surface area contributed by atoms with Gasteiger partial charge in [-0.05, 0) is 64.8 Å². The average Bonchev–Trinajstić information content (AvgIpc) is 2.71. The van der Waals surface area contributed by atoms with Crippen molar-refractivity contribution in [2.24, 2.45) is 0 Å². The number of benzene rings is 3. The molecule has 2 atom stereocenters. The van der Waals surface area contributed by atoms with E-state index in [2.05, 4.69) is 68.4 Å². The lowest BCUT2D eigenvalue weighted by atomic mass is 9.63. The van der Waals surface area contributed by atoms with Gasteiger partial charge in [0, 0.05) is 24.9 Å². The Hall–Kier alpha value is -2.61. The van der Waals surface area contributed by atoms with E-state index in [0.717, 1.165) is 19.3 Å². The molecule has 1 fully saturated rings. The van der Waals surface area contributed by atoms with Gasteiger partial charge in [0.1, 0.15) is 0 Å². The van der Waals surface area contributed by atoms with Crippen molar-refractivity contribution in [3.05, 3.63) is 71.3 Å². The van der Waals surface area contributed by atoms with Crippen LogP contribution < -0.4 is 0 Å². The Morgan fingerprint density at radius 2 is 1.86 bits per heavy atom. The molecule has 1 aliphatic heterocycles. The van der Waals surface area contributed by atoms with Crippen molar-refractivity contribution < 1.29 is 4.79 Å². The van der Waals surface area contributed by atoms with Gasteiger partial charge >= 0.3 is 0 Å². The second-order valence-corrected chi connectivity index (χ2v) is 8.81. The summed E-state index contributed by atoms with van der Waals surface area (Å²) in [5.41, 5.74) is 6.97. The van der Waals surface area contributed by atoms with Crippen LogP contribution in [0.2, 0.25) is 0 Å². The van der Waals surface area contributed by atoms with Crippen molar-refractivity contribution in [2.75, 3.05) is 7.05 Å². The summed E-state index contributed by atoms with van der Waals surface area (Å²) in [6.45, 7) is 4.59. The van der Waals surface area contributed by atoms with Crippen molar-refractivity contribution in [2.45, 2.75) is 51.0 Å². The number of hydrogen-bond acceptors (Lipinski definition) is 1. The second-order valence-electron chi connectivity index (χ2n) is 8.81. The highest BCUT2D eigenvalue weighted by Gasteiger charge is 2.46. The van der Waals surface area contributed by atoms with Crippen LogP contribution in [0.5, 0.6) is 0 Å². The fourth-order valence-electron chi connectivity index (χ4n) is 5.69. The highest BCUT2D eigenvalue weighted by molar-refractivity contribution is 5.91. The molecule has 0 saturated carbocycles. The summed E-state index contributed by atoms with van der Waals surface area (Å²) in [7, 11) is 1.99. The van der Waals surface area contributed by atoms with Crippen molar-refractivity contribution in [3.8, 4) is 11.1 Å². The third kappa shape index (κ3) is 2.44. The molecule has 2 heteroatoms.